The maximum atomic E-state index is 9.90. The Bertz CT molecular complexity index is 447. The Kier molecular flexibility index (Phi) is 7.02. The number of benzene rings is 1. The molecule has 0 radical (unpaired) electrons. The minimum atomic E-state index is -0.592. The fourth-order valence-corrected chi connectivity index (χ4v) is 2.00. The Balaban J connectivity index is 3.10. The fraction of sp³-hybridized carbons (Fsp3) is 0.533. The Hall–Kier alpha value is -1.61. The zero-order valence-electron chi connectivity index (χ0n) is 12.3. The SMILES string of the molecule is COCCN(CCOC)c1cc(C#N)ccc1C(C)O. The van der Waals surface area contributed by atoms with Crippen LogP contribution in [0, 0.1) is 11.3 Å². The third-order valence-corrected chi connectivity index (χ3v) is 3.08. The predicted octanol–water partition coefficient (Wildman–Crippen LogP) is 1.71. The van der Waals surface area contributed by atoms with Gasteiger partial charge in [-0.1, -0.05) is 6.07 Å². The standard InChI is InChI=1S/C15H22N2O3/c1-12(18)14-5-4-13(11-16)10-15(14)17(6-8-19-2)7-9-20-3/h4-5,10,12,18H,6-9H2,1-3H3. The number of ether oxygens (including phenoxy) is 2. The van der Waals surface area contributed by atoms with Crippen LogP contribution in [0.2, 0.25) is 0 Å². The Morgan fingerprint density at radius 1 is 1.25 bits per heavy atom. The normalized spacial score (nSPS) is 11.9. The van der Waals surface area contributed by atoms with Gasteiger partial charge in [-0.3, -0.25) is 0 Å². The molecule has 1 N–H and O–H groups in total. The molecule has 110 valence electrons. The molecule has 0 aliphatic carbocycles. The van der Waals surface area contributed by atoms with E-state index in [0.717, 1.165) is 11.3 Å². The van der Waals surface area contributed by atoms with Crippen LogP contribution < -0.4 is 4.90 Å². The van der Waals surface area contributed by atoms with Gasteiger partial charge in [-0.05, 0) is 19.1 Å². The van der Waals surface area contributed by atoms with Crippen molar-refractivity contribution < 1.29 is 14.6 Å². The summed E-state index contributed by atoms with van der Waals surface area (Å²) in [5.41, 5.74) is 2.23. The smallest absolute Gasteiger partial charge is 0.0992 e. The quantitative estimate of drug-likeness (QED) is 0.784. The molecule has 1 rings (SSSR count). The average Bonchev–Trinajstić information content (AvgIpc) is 2.46. The van der Waals surface area contributed by atoms with E-state index in [1.54, 1.807) is 39.3 Å². The third-order valence-electron chi connectivity index (χ3n) is 3.08. The van der Waals surface area contributed by atoms with Crippen LogP contribution >= 0.6 is 0 Å². The molecule has 0 aliphatic rings. The second-order valence-electron chi connectivity index (χ2n) is 4.53. The number of hydrogen-bond acceptors (Lipinski definition) is 5. The summed E-state index contributed by atoms with van der Waals surface area (Å²) in [7, 11) is 3.30. The van der Waals surface area contributed by atoms with E-state index in [4.69, 9.17) is 14.7 Å². The number of anilines is 1. The van der Waals surface area contributed by atoms with Gasteiger partial charge in [-0.2, -0.15) is 5.26 Å². The van der Waals surface area contributed by atoms with Crippen molar-refractivity contribution >= 4 is 5.69 Å². The van der Waals surface area contributed by atoms with Crippen molar-refractivity contribution in [2.45, 2.75) is 13.0 Å². The summed E-state index contributed by atoms with van der Waals surface area (Å²) in [6, 6.07) is 7.44. The summed E-state index contributed by atoms with van der Waals surface area (Å²) in [6.07, 6.45) is -0.592. The van der Waals surface area contributed by atoms with Crippen LogP contribution in [0.15, 0.2) is 18.2 Å². The highest BCUT2D eigenvalue weighted by Crippen LogP contribution is 2.27. The van der Waals surface area contributed by atoms with Crippen LogP contribution in [0.25, 0.3) is 0 Å². The largest absolute Gasteiger partial charge is 0.389 e. The first kappa shape index (κ1) is 16.4. The van der Waals surface area contributed by atoms with Gasteiger partial charge in [0, 0.05) is 38.6 Å². The number of aliphatic hydroxyl groups excluding tert-OH is 1. The summed E-state index contributed by atoms with van der Waals surface area (Å²) in [5.74, 6) is 0. The highest BCUT2D eigenvalue weighted by atomic mass is 16.5. The number of methoxy groups -OCH3 is 2. The van der Waals surface area contributed by atoms with Crippen LogP contribution in [-0.2, 0) is 9.47 Å². The molecule has 0 saturated heterocycles. The molecule has 5 nitrogen and oxygen atoms in total. The lowest BCUT2D eigenvalue weighted by Crippen LogP contribution is -2.31. The van der Waals surface area contributed by atoms with Gasteiger partial charge in [-0.25, -0.2) is 0 Å². The summed E-state index contributed by atoms with van der Waals surface area (Å²) < 4.78 is 10.2. The molecule has 0 saturated carbocycles. The van der Waals surface area contributed by atoms with Gasteiger partial charge in [0.05, 0.1) is 31.0 Å². The molecular weight excluding hydrogens is 256 g/mol. The van der Waals surface area contributed by atoms with E-state index in [0.29, 0.717) is 31.9 Å². The molecule has 1 aromatic rings. The molecule has 1 aromatic carbocycles. The first-order valence-corrected chi connectivity index (χ1v) is 6.59. The summed E-state index contributed by atoms with van der Waals surface area (Å²) in [4.78, 5) is 2.07. The molecule has 0 heterocycles. The number of aliphatic hydroxyl groups is 1. The first-order valence-electron chi connectivity index (χ1n) is 6.59. The second-order valence-corrected chi connectivity index (χ2v) is 4.53. The fourth-order valence-electron chi connectivity index (χ4n) is 2.00. The minimum Gasteiger partial charge on any atom is -0.389 e. The molecule has 20 heavy (non-hydrogen) atoms. The van der Waals surface area contributed by atoms with E-state index in [1.165, 1.54) is 0 Å². The van der Waals surface area contributed by atoms with Gasteiger partial charge in [-0.15, -0.1) is 0 Å². The van der Waals surface area contributed by atoms with Crippen molar-refractivity contribution in [3.8, 4) is 6.07 Å². The van der Waals surface area contributed by atoms with E-state index < -0.39 is 6.10 Å². The maximum absolute atomic E-state index is 9.90. The molecule has 0 spiro atoms. The molecule has 0 amide bonds. The van der Waals surface area contributed by atoms with E-state index in [1.807, 2.05) is 0 Å². The van der Waals surface area contributed by atoms with E-state index in [-0.39, 0.29) is 0 Å². The third kappa shape index (κ3) is 4.49. The van der Waals surface area contributed by atoms with E-state index >= 15 is 0 Å². The molecule has 0 bridgehead atoms. The highest BCUT2D eigenvalue weighted by molar-refractivity contribution is 5.58. The number of rotatable bonds is 8. The monoisotopic (exact) mass is 278 g/mol. The Labute approximate surface area is 120 Å². The van der Waals surface area contributed by atoms with Crippen LogP contribution in [0.4, 0.5) is 5.69 Å². The lowest BCUT2D eigenvalue weighted by molar-refractivity contribution is 0.187. The lowest BCUT2D eigenvalue weighted by Gasteiger charge is -2.27. The molecule has 5 heteroatoms. The average molecular weight is 278 g/mol. The Morgan fingerprint density at radius 2 is 1.85 bits per heavy atom. The van der Waals surface area contributed by atoms with Crippen LogP contribution in [0.1, 0.15) is 24.2 Å². The zero-order chi connectivity index (χ0) is 15.0. The number of nitrogens with zero attached hydrogens (tertiary/aromatic N) is 2. The van der Waals surface area contributed by atoms with Crippen molar-refractivity contribution in [3.63, 3.8) is 0 Å². The van der Waals surface area contributed by atoms with Crippen molar-refractivity contribution in [1.29, 1.82) is 5.26 Å². The summed E-state index contributed by atoms with van der Waals surface area (Å²) >= 11 is 0. The van der Waals surface area contributed by atoms with Crippen LogP contribution in [-0.4, -0.2) is 45.6 Å². The summed E-state index contributed by atoms with van der Waals surface area (Å²) in [6.45, 7) is 4.21. The van der Waals surface area contributed by atoms with Crippen LogP contribution in [0.5, 0.6) is 0 Å². The van der Waals surface area contributed by atoms with Gasteiger partial charge in [0.1, 0.15) is 0 Å². The second kappa shape index (κ2) is 8.54. The van der Waals surface area contributed by atoms with Crippen molar-refractivity contribution in [3.05, 3.63) is 29.3 Å². The predicted molar refractivity (Wildman–Crippen MR) is 77.8 cm³/mol. The van der Waals surface area contributed by atoms with Gasteiger partial charge in [0.15, 0.2) is 0 Å². The van der Waals surface area contributed by atoms with Crippen molar-refractivity contribution in [2.75, 3.05) is 45.4 Å². The first-order chi connectivity index (χ1) is 9.63. The van der Waals surface area contributed by atoms with Gasteiger partial charge in [0.25, 0.3) is 0 Å². The molecule has 1 atom stereocenters. The van der Waals surface area contributed by atoms with Crippen LogP contribution in [0.3, 0.4) is 0 Å². The molecule has 0 aromatic heterocycles. The van der Waals surface area contributed by atoms with Crippen molar-refractivity contribution in [1.82, 2.24) is 0 Å². The van der Waals surface area contributed by atoms with Gasteiger partial charge in [0.2, 0.25) is 0 Å². The minimum absolute atomic E-state index is 0.569. The number of nitriles is 1. The molecular formula is C15H22N2O3. The lowest BCUT2D eigenvalue weighted by atomic mass is 10.0. The maximum Gasteiger partial charge on any atom is 0.0992 e. The highest BCUT2D eigenvalue weighted by Gasteiger charge is 2.15. The van der Waals surface area contributed by atoms with Crippen molar-refractivity contribution in [2.24, 2.45) is 0 Å². The Morgan fingerprint density at radius 3 is 2.30 bits per heavy atom. The topological polar surface area (TPSA) is 65.7 Å². The van der Waals surface area contributed by atoms with Gasteiger partial charge >= 0.3 is 0 Å². The van der Waals surface area contributed by atoms with Gasteiger partial charge < -0.3 is 19.5 Å². The molecule has 1 unspecified atom stereocenters. The zero-order valence-corrected chi connectivity index (χ0v) is 12.3. The molecule has 0 aliphatic heterocycles. The van der Waals surface area contributed by atoms with E-state index in [9.17, 15) is 5.11 Å². The molecule has 0 fully saturated rings. The summed E-state index contributed by atoms with van der Waals surface area (Å²) in [5, 5.41) is 18.9. The van der Waals surface area contributed by atoms with E-state index in [2.05, 4.69) is 11.0 Å². The number of hydrogen-bond donors (Lipinski definition) is 1.